The minimum absolute atomic E-state index is 0.213. The molecule has 112 valence electrons. The van der Waals surface area contributed by atoms with Crippen LogP contribution in [0.25, 0.3) is 0 Å². The number of alkyl halides is 1. The van der Waals surface area contributed by atoms with E-state index in [9.17, 15) is 4.39 Å². The van der Waals surface area contributed by atoms with Gasteiger partial charge in [0.25, 0.3) is 0 Å². The Morgan fingerprint density at radius 3 is 2.38 bits per heavy atom. The number of halogens is 2. The van der Waals surface area contributed by atoms with Crippen LogP contribution in [0.1, 0.15) is 11.1 Å². The van der Waals surface area contributed by atoms with Gasteiger partial charge in [-0.05, 0) is 35.9 Å². The zero-order valence-electron chi connectivity index (χ0n) is 11.9. The van der Waals surface area contributed by atoms with Crippen LogP contribution in [0.4, 0.5) is 4.39 Å². The summed E-state index contributed by atoms with van der Waals surface area (Å²) < 4.78 is 29.3. The first kappa shape index (κ1) is 15.4. The van der Waals surface area contributed by atoms with Crippen molar-refractivity contribution in [2.45, 2.75) is 12.5 Å². The van der Waals surface area contributed by atoms with Gasteiger partial charge in [-0.3, -0.25) is 0 Å². The van der Waals surface area contributed by atoms with Crippen LogP contribution in [0.5, 0.6) is 17.2 Å². The highest BCUT2D eigenvalue weighted by atomic mass is 35.5. The Balaban J connectivity index is 2.10. The Hall–Kier alpha value is -1.94. The smallest absolute Gasteiger partial charge is 0.165 e. The highest BCUT2D eigenvalue weighted by molar-refractivity contribution is 6.17. The predicted octanol–water partition coefficient (Wildman–Crippen LogP) is 4.16. The Morgan fingerprint density at radius 1 is 1.00 bits per heavy atom. The second-order valence-electron chi connectivity index (χ2n) is 4.36. The standard InChI is InChI=1S/C16H16ClFO3/c1-19-13-4-6-15(12(8-13)9-17)21-10-11-3-5-16(20-2)14(18)7-11/h3-8H,9-10H2,1-2H3. The molecule has 2 aromatic carbocycles. The van der Waals surface area contributed by atoms with E-state index >= 15 is 0 Å². The fourth-order valence-corrected chi connectivity index (χ4v) is 2.10. The molecule has 0 aliphatic heterocycles. The average molecular weight is 311 g/mol. The summed E-state index contributed by atoms with van der Waals surface area (Å²) in [5.74, 6) is 1.48. The van der Waals surface area contributed by atoms with Gasteiger partial charge in [0.1, 0.15) is 18.1 Å². The van der Waals surface area contributed by atoms with Crippen LogP contribution < -0.4 is 14.2 Å². The van der Waals surface area contributed by atoms with Crippen molar-refractivity contribution in [1.29, 1.82) is 0 Å². The summed E-state index contributed by atoms with van der Waals surface area (Å²) in [6.07, 6.45) is 0. The van der Waals surface area contributed by atoms with Gasteiger partial charge in [0.2, 0.25) is 0 Å². The third-order valence-electron chi connectivity index (χ3n) is 3.02. The van der Waals surface area contributed by atoms with Crippen LogP contribution >= 0.6 is 11.6 Å². The van der Waals surface area contributed by atoms with Crippen molar-refractivity contribution in [2.24, 2.45) is 0 Å². The molecule has 0 aromatic heterocycles. The molecule has 0 radical (unpaired) electrons. The Morgan fingerprint density at radius 2 is 1.76 bits per heavy atom. The summed E-state index contributed by atoms with van der Waals surface area (Å²) in [5.41, 5.74) is 1.54. The summed E-state index contributed by atoms with van der Waals surface area (Å²) in [5, 5.41) is 0. The van der Waals surface area contributed by atoms with E-state index in [-0.39, 0.29) is 12.4 Å². The molecular formula is C16H16ClFO3. The van der Waals surface area contributed by atoms with E-state index in [1.165, 1.54) is 13.2 Å². The van der Waals surface area contributed by atoms with Crippen LogP contribution in [0.2, 0.25) is 0 Å². The lowest BCUT2D eigenvalue weighted by molar-refractivity contribution is 0.301. The minimum Gasteiger partial charge on any atom is -0.497 e. The quantitative estimate of drug-likeness (QED) is 0.750. The van der Waals surface area contributed by atoms with Crippen LogP contribution in [0.15, 0.2) is 36.4 Å². The molecule has 0 saturated heterocycles. The molecule has 0 aliphatic rings. The number of ether oxygens (including phenoxy) is 3. The highest BCUT2D eigenvalue weighted by Crippen LogP contribution is 2.27. The molecule has 0 saturated carbocycles. The molecule has 0 aliphatic carbocycles. The second-order valence-corrected chi connectivity index (χ2v) is 4.63. The molecule has 2 aromatic rings. The molecule has 0 bridgehead atoms. The van der Waals surface area contributed by atoms with E-state index in [1.54, 1.807) is 31.4 Å². The van der Waals surface area contributed by atoms with Crippen molar-refractivity contribution in [2.75, 3.05) is 14.2 Å². The normalized spacial score (nSPS) is 10.3. The van der Waals surface area contributed by atoms with Crippen molar-refractivity contribution in [1.82, 2.24) is 0 Å². The SMILES string of the molecule is COc1ccc(OCc2ccc(OC)c(F)c2)c(CCl)c1. The molecule has 0 fully saturated rings. The Kier molecular flexibility index (Phi) is 5.28. The Bertz CT molecular complexity index is 616. The van der Waals surface area contributed by atoms with E-state index in [4.69, 9.17) is 25.8 Å². The maximum absolute atomic E-state index is 13.6. The maximum Gasteiger partial charge on any atom is 0.165 e. The topological polar surface area (TPSA) is 27.7 Å². The molecule has 0 heterocycles. The van der Waals surface area contributed by atoms with E-state index in [2.05, 4.69) is 0 Å². The molecule has 3 nitrogen and oxygen atoms in total. The van der Waals surface area contributed by atoms with E-state index in [0.29, 0.717) is 22.9 Å². The number of hydrogen-bond donors (Lipinski definition) is 0. The van der Waals surface area contributed by atoms with Gasteiger partial charge in [0, 0.05) is 5.56 Å². The second kappa shape index (κ2) is 7.18. The van der Waals surface area contributed by atoms with Crippen LogP contribution in [-0.4, -0.2) is 14.2 Å². The van der Waals surface area contributed by atoms with Gasteiger partial charge in [0.05, 0.1) is 20.1 Å². The maximum atomic E-state index is 13.6. The summed E-state index contributed by atoms with van der Waals surface area (Å²) in [6.45, 7) is 0.247. The number of hydrogen-bond acceptors (Lipinski definition) is 3. The van der Waals surface area contributed by atoms with E-state index in [1.807, 2.05) is 6.07 Å². The molecule has 0 atom stereocenters. The number of benzene rings is 2. The zero-order chi connectivity index (χ0) is 15.2. The van der Waals surface area contributed by atoms with Crippen molar-refractivity contribution < 1.29 is 18.6 Å². The predicted molar refractivity (Wildman–Crippen MR) is 79.8 cm³/mol. The third-order valence-corrected chi connectivity index (χ3v) is 3.31. The summed E-state index contributed by atoms with van der Waals surface area (Å²) >= 11 is 5.90. The number of methoxy groups -OCH3 is 2. The van der Waals surface area contributed by atoms with Gasteiger partial charge in [-0.15, -0.1) is 11.6 Å². The van der Waals surface area contributed by atoms with Crippen molar-refractivity contribution >= 4 is 11.6 Å². The zero-order valence-corrected chi connectivity index (χ0v) is 12.6. The van der Waals surface area contributed by atoms with Crippen molar-refractivity contribution in [3.8, 4) is 17.2 Å². The molecule has 21 heavy (non-hydrogen) atoms. The molecule has 0 amide bonds. The molecule has 2 rings (SSSR count). The molecule has 0 unspecified atom stereocenters. The fraction of sp³-hybridized carbons (Fsp3) is 0.250. The average Bonchev–Trinajstić information content (AvgIpc) is 2.52. The summed E-state index contributed by atoms with van der Waals surface area (Å²) in [6, 6.07) is 10.1. The van der Waals surface area contributed by atoms with Gasteiger partial charge >= 0.3 is 0 Å². The van der Waals surface area contributed by atoms with E-state index in [0.717, 1.165) is 5.56 Å². The lowest BCUT2D eigenvalue weighted by Gasteiger charge is -2.12. The van der Waals surface area contributed by atoms with Crippen molar-refractivity contribution in [3.63, 3.8) is 0 Å². The summed E-state index contributed by atoms with van der Waals surface area (Å²) in [4.78, 5) is 0. The monoisotopic (exact) mass is 310 g/mol. The Labute approximate surface area is 128 Å². The van der Waals surface area contributed by atoms with Gasteiger partial charge in [0.15, 0.2) is 11.6 Å². The largest absolute Gasteiger partial charge is 0.497 e. The number of rotatable bonds is 6. The van der Waals surface area contributed by atoms with E-state index < -0.39 is 5.82 Å². The molecular weight excluding hydrogens is 295 g/mol. The van der Waals surface area contributed by atoms with Gasteiger partial charge in [-0.2, -0.15) is 0 Å². The third kappa shape index (κ3) is 3.79. The first-order valence-electron chi connectivity index (χ1n) is 6.36. The van der Waals surface area contributed by atoms with Gasteiger partial charge < -0.3 is 14.2 Å². The van der Waals surface area contributed by atoms with Gasteiger partial charge in [-0.25, -0.2) is 4.39 Å². The van der Waals surface area contributed by atoms with Crippen LogP contribution in [0.3, 0.4) is 0 Å². The molecule has 5 heteroatoms. The minimum atomic E-state index is -0.411. The van der Waals surface area contributed by atoms with Gasteiger partial charge in [-0.1, -0.05) is 6.07 Å². The highest BCUT2D eigenvalue weighted by Gasteiger charge is 2.07. The van der Waals surface area contributed by atoms with Crippen LogP contribution in [0, 0.1) is 5.82 Å². The van der Waals surface area contributed by atoms with Crippen molar-refractivity contribution in [3.05, 3.63) is 53.3 Å². The molecule has 0 spiro atoms. The lowest BCUT2D eigenvalue weighted by atomic mass is 10.2. The summed E-state index contributed by atoms with van der Waals surface area (Å²) in [7, 11) is 3.02. The first-order chi connectivity index (χ1) is 10.2. The molecule has 0 N–H and O–H groups in total. The lowest BCUT2D eigenvalue weighted by Crippen LogP contribution is -1.99. The van der Waals surface area contributed by atoms with Crippen LogP contribution in [-0.2, 0) is 12.5 Å². The first-order valence-corrected chi connectivity index (χ1v) is 6.89. The fourth-order valence-electron chi connectivity index (χ4n) is 1.89.